The van der Waals surface area contributed by atoms with Gasteiger partial charge in [-0.2, -0.15) is 5.10 Å². The summed E-state index contributed by atoms with van der Waals surface area (Å²) in [5, 5.41) is 7.46. The Morgan fingerprint density at radius 2 is 2.00 bits per heavy atom. The molecule has 1 aromatic carbocycles. The number of hydrogen-bond acceptors (Lipinski definition) is 4. The molecule has 0 saturated heterocycles. The normalized spacial score (nSPS) is 13.4. The molecule has 1 aliphatic carbocycles. The highest BCUT2D eigenvalue weighted by molar-refractivity contribution is 5.94. The highest BCUT2D eigenvalue weighted by Gasteiger charge is 2.31. The summed E-state index contributed by atoms with van der Waals surface area (Å²) in [5.74, 6) is -0.596. The first-order chi connectivity index (χ1) is 12.3. The van der Waals surface area contributed by atoms with Gasteiger partial charge in [0.1, 0.15) is 0 Å². The van der Waals surface area contributed by atoms with E-state index in [2.05, 4.69) is 10.4 Å². The maximum atomic E-state index is 12.8. The smallest absolute Gasteiger partial charge is 0.313 e. The van der Waals surface area contributed by atoms with Crippen LogP contribution in [0.15, 0.2) is 24.3 Å². The molecule has 0 atom stereocenters. The van der Waals surface area contributed by atoms with Gasteiger partial charge < -0.3 is 10.1 Å². The van der Waals surface area contributed by atoms with Crippen LogP contribution in [0.5, 0.6) is 0 Å². The molecule has 1 aliphatic rings. The molecule has 0 saturated carbocycles. The van der Waals surface area contributed by atoms with Gasteiger partial charge in [-0.1, -0.05) is 18.2 Å². The minimum atomic E-state index is -0.786. The van der Waals surface area contributed by atoms with E-state index in [1.807, 2.05) is 35.9 Å². The minimum Gasteiger partial charge on any atom is -0.469 e. The van der Waals surface area contributed by atoms with Crippen LogP contribution in [-0.2, 0) is 22.4 Å². The van der Waals surface area contributed by atoms with Crippen LogP contribution in [0.2, 0.25) is 0 Å². The summed E-state index contributed by atoms with van der Waals surface area (Å²) in [5.41, 5.74) is 3.91. The van der Waals surface area contributed by atoms with Crippen molar-refractivity contribution in [2.45, 2.75) is 40.0 Å². The Morgan fingerprint density at radius 1 is 1.27 bits per heavy atom. The maximum Gasteiger partial charge on any atom is 0.313 e. The Balaban J connectivity index is 1.88. The van der Waals surface area contributed by atoms with E-state index in [1.165, 1.54) is 7.11 Å². The molecule has 3 rings (SSSR count). The third-order valence-corrected chi connectivity index (χ3v) is 4.92. The second-order valence-corrected chi connectivity index (χ2v) is 7.38. The number of esters is 1. The molecule has 0 radical (unpaired) electrons. The zero-order valence-corrected chi connectivity index (χ0v) is 15.8. The van der Waals surface area contributed by atoms with Crippen LogP contribution in [0.1, 0.15) is 47.6 Å². The van der Waals surface area contributed by atoms with Crippen molar-refractivity contribution in [2.24, 2.45) is 5.41 Å². The minimum absolute atomic E-state index is 0.199. The van der Waals surface area contributed by atoms with Gasteiger partial charge in [0.25, 0.3) is 5.91 Å². The number of benzene rings is 1. The Morgan fingerprint density at radius 3 is 2.69 bits per heavy atom. The van der Waals surface area contributed by atoms with Crippen LogP contribution in [0.25, 0.3) is 5.69 Å². The van der Waals surface area contributed by atoms with Crippen molar-refractivity contribution in [3.8, 4) is 5.69 Å². The van der Waals surface area contributed by atoms with Crippen molar-refractivity contribution in [3.05, 3.63) is 46.8 Å². The van der Waals surface area contributed by atoms with Gasteiger partial charge in [-0.3, -0.25) is 9.59 Å². The number of nitrogens with one attached hydrogen (secondary N) is 1. The molecule has 1 aromatic heterocycles. The van der Waals surface area contributed by atoms with Gasteiger partial charge >= 0.3 is 5.97 Å². The molecule has 0 aliphatic heterocycles. The number of rotatable bonds is 5. The second-order valence-electron chi connectivity index (χ2n) is 7.38. The fourth-order valence-corrected chi connectivity index (χ4v) is 3.35. The van der Waals surface area contributed by atoms with Crippen LogP contribution in [0, 0.1) is 12.3 Å². The standard InChI is InChI=1S/C20H25N3O3/c1-13-8-5-6-10-15(13)23-16-11-7-9-14(16)17(22-23)18(24)21-12-20(2,3)19(25)26-4/h5-6,8,10H,7,9,11-12H2,1-4H3,(H,21,24). The van der Waals surface area contributed by atoms with Gasteiger partial charge in [0.2, 0.25) is 0 Å². The molecule has 1 amide bonds. The molecule has 26 heavy (non-hydrogen) atoms. The quantitative estimate of drug-likeness (QED) is 0.837. The van der Waals surface area contributed by atoms with Crippen molar-refractivity contribution in [1.29, 1.82) is 0 Å². The molecule has 2 aromatic rings. The lowest BCUT2D eigenvalue weighted by Crippen LogP contribution is -2.40. The number of aryl methyl sites for hydroxylation is 1. The number of para-hydroxylation sites is 1. The number of amides is 1. The molecule has 6 nitrogen and oxygen atoms in total. The number of methoxy groups -OCH3 is 1. The predicted molar refractivity (Wildman–Crippen MR) is 98.5 cm³/mol. The highest BCUT2D eigenvalue weighted by Crippen LogP contribution is 2.29. The monoisotopic (exact) mass is 355 g/mol. The third kappa shape index (κ3) is 3.23. The summed E-state index contributed by atoms with van der Waals surface area (Å²) < 4.78 is 6.69. The molecule has 0 bridgehead atoms. The highest BCUT2D eigenvalue weighted by atomic mass is 16.5. The van der Waals surface area contributed by atoms with E-state index in [0.717, 1.165) is 41.8 Å². The Kier molecular flexibility index (Phi) is 4.85. The Hall–Kier alpha value is -2.63. The van der Waals surface area contributed by atoms with Gasteiger partial charge in [0.15, 0.2) is 5.69 Å². The van der Waals surface area contributed by atoms with Gasteiger partial charge in [0.05, 0.1) is 18.2 Å². The summed E-state index contributed by atoms with van der Waals surface area (Å²) in [6.07, 6.45) is 2.79. The number of hydrogen-bond donors (Lipinski definition) is 1. The Labute approximate surface area is 153 Å². The van der Waals surface area contributed by atoms with Gasteiger partial charge in [0, 0.05) is 17.8 Å². The van der Waals surface area contributed by atoms with Crippen molar-refractivity contribution >= 4 is 11.9 Å². The zero-order valence-electron chi connectivity index (χ0n) is 15.8. The largest absolute Gasteiger partial charge is 0.469 e. The fraction of sp³-hybridized carbons (Fsp3) is 0.450. The fourth-order valence-electron chi connectivity index (χ4n) is 3.35. The SMILES string of the molecule is COC(=O)C(C)(C)CNC(=O)c1nn(-c2ccccc2C)c2c1CCC2. The molecule has 0 spiro atoms. The van der Waals surface area contributed by atoms with Crippen LogP contribution < -0.4 is 5.32 Å². The first-order valence-electron chi connectivity index (χ1n) is 8.88. The van der Waals surface area contributed by atoms with Crippen LogP contribution in [-0.4, -0.2) is 35.3 Å². The van der Waals surface area contributed by atoms with Gasteiger partial charge in [-0.25, -0.2) is 4.68 Å². The molecule has 1 N–H and O–H groups in total. The third-order valence-electron chi connectivity index (χ3n) is 4.92. The average molecular weight is 355 g/mol. The lowest BCUT2D eigenvalue weighted by molar-refractivity contribution is -0.150. The molecule has 0 unspecified atom stereocenters. The summed E-state index contributed by atoms with van der Waals surface area (Å²) in [6.45, 7) is 5.73. The Bertz CT molecular complexity index is 852. The maximum absolute atomic E-state index is 12.8. The van der Waals surface area contributed by atoms with E-state index in [-0.39, 0.29) is 18.4 Å². The van der Waals surface area contributed by atoms with Gasteiger partial charge in [-0.15, -0.1) is 0 Å². The van der Waals surface area contributed by atoms with E-state index in [4.69, 9.17) is 4.74 Å². The summed E-state index contributed by atoms with van der Waals surface area (Å²) in [4.78, 5) is 24.6. The number of carbonyl (C=O) groups excluding carboxylic acids is 2. The number of fused-ring (bicyclic) bond motifs is 1. The summed E-state index contributed by atoms with van der Waals surface area (Å²) in [7, 11) is 1.35. The van der Waals surface area contributed by atoms with Crippen LogP contribution in [0.3, 0.4) is 0 Å². The predicted octanol–water partition coefficient (Wildman–Crippen LogP) is 2.60. The van der Waals surface area contributed by atoms with Crippen LogP contribution >= 0.6 is 0 Å². The first kappa shape index (κ1) is 18.2. The van der Waals surface area contributed by atoms with Crippen molar-refractivity contribution in [3.63, 3.8) is 0 Å². The summed E-state index contributed by atoms with van der Waals surface area (Å²) in [6, 6.07) is 8.02. The lowest BCUT2D eigenvalue weighted by atomic mass is 9.93. The zero-order chi connectivity index (χ0) is 18.9. The number of nitrogens with zero attached hydrogens (tertiary/aromatic N) is 2. The van der Waals surface area contributed by atoms with Crippen LogP contribution in [0.4, 0.5) is 0 Å². The molecular weight excluding hydrogens is 330 g/mol. The second kappa shape index (κ2) is 6.94. The first-order valence-corrected chi connectivity index (χ1v) is 8.88. The van der Waals surface area contributed by atoms with Crippen molar-refractivity contribution in [1.82, 2.24) is 15.1 Å². The average Bonchev–Trinajstić information content (AvgIpc) is 3.22. The molecule has 6 heteroatoms. The molecular formula is C20H25N3O3. The summed E-state index contributed by atoms with van der Waals surface area (Å²) >= 11 is 0. The molecule has 0 fully saturated rings. The number of aromatic nitrogens is 2. The lowest BCUT2D eigenvalue weighted by Gasteiger charge is -2.21. The molecule has 138 valence electrons. The van der Waals surface area contributed by atoms with Gasteiger partial charge in [-0.05, 0) is 51.7 Å². The van der Waals surface area contributed by atoms with E-state index in [9.17, 15) is 9.59 Å². The van der Waals surface area contributed by atoms with E-state index >= 15 is 0 Å². The topological polar surface area (TPSA) is 73.2 Å². The van der Waals surface area contributed by atoms with E-state index < -0.39 is 5.41 Å². The van der Waals surface area contributed by atoms with Crippen molar-refractivity contribution in [2.75, 3.05) is 13.7 Å². The van der Waals surface area contributed by atoms with E-state index in [1.54, 1.807) is 13.8 Å². The van der Waals surface area contributed by atoms with Crippen molar-refractivity contribution < 1.29 is 14.3 Å². The number of ether oxygens (including phenoxy) is 1. The number of carbonyl (C=O) groups is 2. The molecule has 1 heterocycles. The van der Waals surface area contributed by atoms with E-state index in [0.29, 0.717) is 5.69 Å².